The number of aliphatic imine (C=N–C) groups is 1. The largest absolute Gasteiger partial charge is 0.507 e. The molecule has 1 aliphatic carbocycles. The summed E-state index contributed by atoms with van der Waals surface area (Å²) in [5.41, 5.74) is 2.76. The van der Waals surface area contributed by atoms with Crippen molar-refractivity contribution in [2.24, 2.45) is 16.8 Å². The van der Waals surface area contributed by atoms with E-state index in [0.29, 0.717) is 11.3 Å². The minimum absolute atomic E-state index is 0.0324. The number of unbranched alkanes of at least 4 members (excludes halogenated alkanes) is 5. The Kier molecular flexibility index (Phi) is 11.3. The number of carbonyl (C=O) groups is 1. The van der Waals surface area contributed by atoms with Crippen LogP contribution < -0.4 is 4.74 Å². The van der Waals surface area contributed by atoms with Gasteiger partial charge in [-0.1, -0.05) is 70.9 Å². The molecule has 2 aromatic rings. The van der Waals surface area contributed by atoms with Crippen LogP contribution in [0.2, 0.25) is 0 Å². The minimum Gasteiger partial charge on any atom is -0.507 e. The number of ether oxygens (including phenoxy) is 1. The van der Waals surface area contributed by atoms with Gasteiger partial charge in [-0.15, -0.1) is 0 Å². The Bertz CT molecular complexity index is 927. The number of esters is 1. The third-order valence-corrected chi connectivity index (χ3v) is 7.22. The zero-order valence-corrected chi connectivity index (χ0v) is 21.7. The van der Waals surface area contributed by atoms with Crippen LogP contribution in [0.1, 0.15) is 102 Å². The molecule has 0 radical (unpaired) electrons. The summed E-state index contributed by atoms with van der Waals surface area (Å²) >= 11 is 0. The molecular formula is C31H43NO3. The van der Waals surface area contributed by atoms with E-state index in [1.54, 1.807) is 18.3 Å². The highest BCUT2D eigenvalue weighted by atomic mass is 16.5. The van der Waals surface area contributed by atoms with Crippen LogP contribution in [0.5, 0.6) is 11.5 Å². The molecule has 0 unspecified atom stereocenters. The van der Waals surface area contributed by atoms with E-state index in [-0.39, 0.29) is 17.6 Å². The second kappa shape index (κ2) is 14.7. The molecule has 0 heterocycles. The Morgan fingerprint density at radius 3 is 2.34 bits per heavy atom. The Morgan fingerprint density at radius 1 is 0.943 bits per heavy atom. The summed E-state index contributed by atoms with van der Waals surface area (Å²) < 4.78 is 5.62. The lowest BCUT2D eigenvalue weighted by atomic mass is 9.80. The van der Waals surface area contributed by atoms with Crippen molar-refractivity contribution in [1.82, 2.24) is 0 Å². The Labute approximate surface area is 211 Å². The van der Waals surface area contributed by atoms with E-state index in [1.807, 2.05) is 12.1 Å². The van der Waals surface area contributed by atoms with E-state index in [9.17, 15) is 9.90 Å². The van der Waals surface area contributed by atoms with Gasteiger partial charge < -0.3 is 9.84 Å². The molecule has 0 bridgehead atoms. The highest BCUT2D eigenvalue weighted by Gasteiger charge is 2.27. The summed E-state index contributed by atoms with van der Waals surface area (Å²) in [4.78, 5) is 17.1. The molecule has 1 fully saturated rings. The average molecular weight is 478 g/mol. The molecule has 0 spiro atoms. The van der Waals surface area contributed by atoms with Crippen LogP contribution in [0, 0.1) is 11.8 Å². The van der Waals surface area contributed by atoms with Crippen LogP contribution in [0.15, 0.2) is 47.5 Å². The van der Waals surface area contributed by atoms with Crippen molar-refractivity contribution in [1.29, 1.82) is 0 Å². The van der Waals surface area contributed by atoms with Crippen molar-refractivity contribution < 1.29 is 14.6 Å². The average Bonchev–Trinajstić information content (AvgIpc) is 2.88. The molecule has 0 amide bonds. The summed E-state index contributed by atoms with van der Waals surface area (Å²) in [6, 6.07) is 13.2. The van der Waals surface area contributed by atoms with Gasteiger partial charge in [0.05, 0.1) is 11.6 Å². The number of phenols is 1. The van der Waals surface area contributed by atoms with Gasteiger partial charge in [-0.25, -0.2) is 0 Å². The molecule has 190 valence electrons. The monoisotopic (exact) mass is 477 g/mol. The van der Waals surface area contributed by atoms with Crippen molar-refractivity contribution >= 4 is 17.9 Å². The highest BCUT2D eigenvalue weighted by Crippen LogP contribution is 2.33. The van der Waals surface area contributed by atoms with E-state index in [1.165, 1.54) is 63.0 Å². The number of aryl methyl sites for hydroxylation is 1. The molecule has 0 atom stereocenters. The van der Waals surface area contributed by atoms with Gasteiger partial charge >= 0.3 is 5.97 Å². The molecule has 35 heavy (non-hydrogen) atoms. The smallest absolute Gasteiger partial charge is 0.314 e. The first kappa shape index (κ1) is 27.0. The van der Waals surface area contributed by atoms with Crippen LogP contribution >= 0.6 is 0 Å². The van der Waals surface area contributed by atoms with Gasteiger partial charge in [-0.05, 0) is 74.3 Å². The van der Waals surface area contributed by atoms with Crippen molar-refractivity contribution in [2.75, 3.05) is 0 Å². The molecule has 3 rings (SSSR count). The van der Waals surface area contributed by atoms with E-state index >= 15 is 0 Å². The lowest BCUT2D eigenvalue weighted by Gasteiger charge is -2.27. The zero-order valence-electron chi connectivity index (χ0n) is 21.7. The Balaban J connectivity index is 1.45. The number of hydrogen-bond acceptors (Lipinski definition) is 4. The van der Waals surface area contributed by atoms with E-state index in [2.05, 4.69) is 31.0 Å². The number of carbonyl (C=O) groups excluding carboxylic acids is 1. The fraction of sp³-hybridized carbons (Fsp3) is 0.548. The Hall–Kier alpha value is -2.62. The maximum absolute atomic E-state index is 12.7. The van der Waals surface area contributed by atoms with Crippen LogP contribution in [-0.2, 0) is 11.2 Å². The fourth-order valence-corrected chi connectivity index (χ4v) is 4.89. The molecule has 0 aliphatic heterocycles. The van der Waals surface area contributed by atoms with Crippen LogP contribution in [-0.4, -0.2) is 17.3 Å². The van der Waals surface area contributed by atoms with Gasteiger partial charge in [-0.2, -0.15) is 0 Å². The minimum atomic E-state index is -0.171. The molecule has 4 heteroatoms. The maximum Gasteiger partial charge on any atom is 0.314 e. The Morgan fingerprint density at radius 2 is 1.66 bits per heavy atom. The van der Waals surface area contributed by atoms with E-state index in [4.69, 9.17) is 4.74 Å². The molecule has 0 aromatic heterocycles. The molecule has 0 saturated heterocycles. The number of phenolic OH excluding ortho intramolecular Hbond substituents is 1. The zero-order chi connectivity index (χ0) is 24.9. The summed E-state index contributed by atoms with van der Waals surface area (Å²) in [5.74, 6) is 1.01. The van der Waals surface area contributed by atoms with Crippen molar-refractivity contribution in [3.8, 4) is 11.5 Å². The van der Waals surface area contributed by atoms with Crippen LogP contribution in [0.4, 0.5) is 5.69 Å². The van der Waals surface area contributed by atoms with Crippen LogP contribution in [0.3, 0.4) is 0 Å². The second-order valence-corrected chi connectivity index (χ2v) is 10.1. The molecule has 1 saturated carbocycles. The number of hydrogen-bond donors (Lipinski definition) is 1. The third kappa shape index (κ3) is 9.16. The van der Waals surface area contributed by atoms with E-state index < -0.39 is 0 Å². The molecule has 1 aliphatic rings. The van der Waals surface area contributed by atoms with Gasteiger partial charge in [0.1, 0.15) is 11.5 Å². The standard InChI is InChI=1S/C31H43NO3/c1-3-5-7-8-9-11-25-12-16-26(17-13-25)31(34)35-29-21-18-27(30(33)22-29)23-32-28-19-14-24(15-20-28)10-6-4-2/h14-15,18-23,25-26,33H,3-13,16-17H2,1-2H3. The van der Waals surface area contributed by atoms with Gasteiger partial charge in [0.15, 0.2) is 0 Å². The first-order chi connectivity index (χ1) is 17.1. The predicted molar refractivity (Wildman–Crippen MR) is 145 cm³/mol. The van der Waals surface area contributed by atoms with Gasteiger partial charge in [0.25, 0.3) is 0 Å². The van der Waals surface area contributed by atoms with Crippen molar-refractivity contribution in [3.05, 3.63) is 53.6 Å². The second-order valence-electron chi connectivity index (χ2n) is 10.1. The molecule has 2 aromatic carbocycles. The summed E-state index contributed by atoms with van der Waals surface area (Å²) in [6.07, 6.45) is 17.1. The third-order valence-electron chi connectivity index (χ3n) is 7.22. The molecular weight excluding hydrogens is 434 g/mol. The quantitative estimate of drug-likeness (QED) is 0.136. The summed E-state index contributed by atoms with van der Waals surface area (Å²) in [6.45, 7) is 4.44. The SMILES string of the molecule is CCCCCCCC1CCC(C(=O)Oc2ccc(C=Nc3ccc(CCCC)cc3)c(O)c2)CC1. The normalized spacial score (nSPS) is 18.1. The molecule has 1 N–H and O–H groups in total. The van der Waals surface area contributed by atoms with Crippen LogP contribution in [0.25, 0.3) is 0 Å². The topological polar surface area (TPSA) is 58.9 Å². The fourth-order valence-electron chi connectivity index (χ4n) is 4.89. The highest BCUT2D eigenvalue weighted by molar-refractivity contribution is 5.86. The lowest BCUT2D eigenvalue weighted by molar-refractivity contribution is -0.140. The number of rotatable bonds is 13. The lowest BCUT2D eigenvalue weighted by Crippen LogP contribution is -2.25. The van der Waals surface area contributed by atoms with Gasteiger partial charge in [0, 0.05) is 17.8 Å². The van der Waals surface area contributed by atoms with Crippen molar-refractivity contribution in [2.45, 2.75) is 97.3 Å². The predicted octanol–water partition coefficient (Wildman–Crippen LogP) is 8.56. The van der Waals surface area contributed by atoms with Gasteiger partial charge in [0.2, 0.25) is 0 Å². The number of nitrogens with zero attached hydrogens (tertiary/aromatic N) is 1. The first-order valence-corrected chi connectivity index (χ1v) is 13.8. The number of benzene rings is 2. The summed E-state index contributed by atoms with van der Waals surface area (Å²) in [5, 5.41) is 10.4. The molecule has 4 nitrogen and oxygen atoms in total. The van der Waals surface area contributed by atoms with Crippen molar-refractivity contribution in [3.63, 3.8) is 0 Å². The van der Waals surface area contributed by atoms with E-state index in [0.717, 1.165) is 43.7 Å². The number of aromatic hydroxyl groups is 1. The van der Waals surface area contributed by atoms with Gasteiger partial charge in [-0.3, -0.25) is 9.79 Å². The maximum atomic E-state index is 12.7. The summed E-state index contributed by atoms with van der Waals surface area (Å²) in [7, 11) is 0. The first-order valence-electron chi connectivity index (χ1n) is 13.8.